The first-order chi connectivity index (χ1) is 17.2. The summed E-state index contributed by atoms with van der Waals surface area (Å²) in [6.07, 6.45) is 3.29. The fourth-order valence-electron chi connectivity index (χ4n) is 4.34. The van der Waals surface area contributed by atoms with Crippen molar-refractivity contribution in [3.63, 3.8) is 0 Å². The molecule has 4 rings (SSSR count). The van der Waals surface area contributed by atoms with E-state index in [1.54, 1.807) is 18.3 Å². The lowest BCUT2D eigenvalue weighted by atomic mass is 9.93. The van der Waals surface area contributed by atoms with Crippen LogP contribution in [0.5, 0.6) is 0 Å². The number of rotatable bonds is 9. The molecule has 36 heavy (non-hydrogen) atoms. The molecule has 10 heteroatoms. The van der Waals surface area contributed by atoms with Gasteiger partial charge in [-0.1, -0.05) is 26.0 Å². The zero-order chi connectivity index (χ0) is 25.7. The zero-order valence-electron chi connectivity index (χ0n) is 20.6. The van der Waals surface area contributed by atoms with Gasteiger partial charge in [0.05, 0.1) is 25.4 Å². The molecular formula is C26H32N6O4. The lowest BCUT2D eigenvalue weighted by molar-refractivity contribution is -0.137. The number of nitrogens with one attached hydrogen (secondary N) is 3. The molecular weight excluding hydrogens is 460 g/mol. The maximum atomic E-state index is 12.7. The van der Waals surface area contributed by atoms with Crippen LogP contribution in [0.15, 0.2) is 47.7 Å². The number of ketones is 1. The number of aliphatic imine (C=N–C) groups is 1. The van der Waals surface area contributed by atoms with E-state index >= 15 is 0 Å². The van der Waals surface area contributed by atoms with E-state index in [1.165, 1.54) is 6.20 Å². The van der Waals surface area contributed by atoms with Gasteiger partial charge < -0.3 is 26.0 Å². The first kappa shape index (κ1) is 25.2. The van der Waals surface area contributed by atoms with Gasteiger partial charge in [0, 0.05) is 48.8 Å². The van der Waals surface area contributed by atoms with Crippen molar-refractivity contribution in [2.45, 2.75) is 39.2 Å². The number of anilines is 2. The fourth-order valence-corrected chi connectivity index (χ4v) is 4.34. The summed E-state index contributed by atoms with van der Waals surface area (Å²) < 4.78 is 0. The van der Waals surface area contributed by atoms with E-state index in [9.17, 15) is 19.5 Å². The molecule has 0 aliphatic carbocycles. The Balaban J connectivity index is 1.35. The van der Waals surface area contributed by atoms with E-state index in [4.69, 9.17) is 0 Å². The Hall–Kier alpha value is -3.95. The van der Waals surface area contributed by atoms with Crippen molar-refractivity contribution in [1.82, 2.24) is 15.6 Å². The standard InChI is InChI=1S/C26H32N6O4/c1-26(2)15-28-25(29-16-26)30-19-6-5-17-7-9-32(22(17)10-19)14-20(33)11-23(34)31-21(12-24(35)36)18-4-3-8-27-13-18/h3-6,8,10,13,21H,7,9,11-12,14-16H2,1-2H3,(H,31,34)(H,35,36)(H2,28,29,30). The fraction of sp³-hybridized carbons (Fsp3) is 0.423. The van der Waals surface area contributed by atoms with Crippen LogP contribution in [-0.2, 0) is 20.8 Å². The third-order valence-electron chi connectivity index (χ3n) is 6.27. The minimum absolute atomic E-state index is 0.105. The second-order valence-corrected chi connectivity index (χ2v) is 10.0. The average molecular weight is 493 g/mol. The van der Waals surface area contributed by atoms with E-state index in [1.807, 2.05) is 23.1 Å². The van der Waals surface area contributed by atoms with Crippen molar-refractivity contribution in [2.75, 3.05) is 36.4 Å². The number of hydrogen-bond acceptors (Lipinski definition) is 8. The molecule has 0 fully saturated rings. The number of carbonyl (C=O) groups excluding carboxylic acids is 2. The third kappa shape index (κ3) is 6.59. The van der Waals surface area contributed by atoms with Gasteiger partial charge in [-0.05, 0) is 35.7 Å². The second-order valence-electron chi connectivity index (χ2n) is 10.0. The summed E-state index contributed by atoms with van der Waals surface area (Å²) in [4.78, 5) is 47.1. The molecule has 1 atom stereocenters. The average Bonchev–Trinajstić information content (AvgIpc) is 3.22. The number of aromatic nitrogens is 1. The van der Waals surface area contributed by atoms with Crippen LogP contribution in [0.4, 0.5) is 11.4 Å². The molecule has 1 aromatic carbocycles. The van der Waals surface area contributed by atoms with E-state index in [0.717, 1.165) is 42.4 Å². The van der Waals surface area contributed by atoms with Crippen LogP contribution in [-0.4, -0.2) is 59.9 Å². The summed E-state index contributed by atoms with van der Waals surface area (Å²) in [5.41, 5.74) is 3.69. The van der Waals surface area contributed by atoms with Crippen LogP contribution in [0.25, 0.3) is 0 Å². The number of hydrogen-bond donors (Lipinski definition) is 4. The van der Waals surface area contributed by atoms with Gasteiger partial charge in [0.25, 0.3) is 0 Å². The highest BCUT2D eigenvalue weighted by Crippen LogP contribution is 2.31. The monoisotopic (exact) mass is 492 g/mol. The number of guanidine groups is 1. The van der Waals surface area contributed by atoms with Crippen molar-refractivity contribution in [3.8, 4) is 0 Å². The lowest BCUT2D eigenvalue weighted by Gasteiger charge is -2.29. The first-order valence-electron chi connectivity index (χ1n) is 12.0. The van der Waals surface area contributed by atoms with Crippen LogP contribution < -0.4 is 20.9 Å². The smallest absolute Gasteiger partial charge is 0.305 e. The Kier molecular flexibility index (Phi) is 7.52. The number of nitrogens with zero attached hydrogens (tertiary/aromatic N) is 3. The third-order valence-corrected chi connectivity index (χ3v) is 6.27. The first-order valence-corrected chi connectivity index (χ1v) is 12.0. The highest BCUT2D eigenvalue weighted by Gasteiger charge is 2.25. The van der Waals surface area contributed by atoms with Crippen molar-refractivity contribution >= 4 is 35.0 Å². The molecule has 1 aromatic heterocycles. The van der Waals surface area contributed by atoms with Gasteiger partial charge in [-0.2, -0.15) is 0 Å². The summed E-state index contributed by atoms with van der Waals surface area (Å²) in [6.45, 7) is 6.70. The van der Waals surface area contributed by atoms with Crippen LogP contribution >= 0.6 is 0 Å². The Bertz CT molecular complexity index is 1160. The van der Waals surface area contributed by atoms with Crippen LogP contribution in [0, 0.1) is 5.41 Å². The number of carboxylic acid groups (broad SMARTS) is 1. The van der Waals surface area contributed by atoms with E-state index in [-0.39, 0.29) is 30.6 Å². The van der Waals surface area contributed by atoms with Gasteiger partial charge in [0.1, 0.15) is 0 Å². The molecule has 0 spiro atoms. The number of carboxylic acids is 1. The van der Waals surface area contributed by atoms with Gasteiger partial charge in [-0.3, -0.25) is 24.4 Å². The normalized spacial score (nSPS) is 16.8. The van der Waals surface area contributed by atoms with Crippen LogP contribution in [0.2, 0.25) is 0 Å². The molecule has 0 radical (unpaired) electrons. The summed E-state index contributed by atoms with van der Waals surface area (Å²) in [6, 6.07) is 8.68. The highest BCUT2D eigenvalue weighted by molar-refractivity contribution is 6.00. The van der Waals surface area contributed by atoms with Gasteiger partial charge in [-0.25, -0.2) is 0 Å². The molecule has 0 bridgehead atoms. The van der Waals surface area contributed by atoms with Crippen LogP contribution in [0.1, 0.15) is 43.9 Å². The quantitative estimate of drug-likeness (QED) is 0.391. The van der Waals surface area contributed by atoms with Gasteiger partial charge in [0.15, 0.2) is 11.7 Å². The van der Waals surface area contributed by atoms with Gasteiger partial charge in [0.2, 0.25) is 5.91 Å². The predicted octanol–water partition coefficient (Wildman–Crippen LogP) is 2.13. The topological polar surface area (TPSA) is 136 Å². The summed E-state index contributed by atoms with van der Waals surface area (Å²) >= 11 is 0. The second kappa shape index (κ2) is 10.8. The van der Waals surface area contributed by atoms with E-state index < -0.39 is 17.9 Å². The number of amides is 1. The number of aliphatic carboxylic acids is 1. The Morgan fingerprint density at radius 1 is 1.25 bits per heavy atom. The maximum Gasteiger partial charge on any atom is 0.305 e. The summed E-state index contributed by atoms with van der Waals surface area (Å²) in [5.74, 6) is -1.06. The molecule has 0 saturated carbocycles. The highest BCUT2D eigenvalue weighted by atomic mass is 16.4. The van der Waals surface area contributed by atoms with Crippen molar-refractivity contribution in [3.05, 3.63) is 53.9 Å². The van der Waals surface area contributed by atoms with Crippen molar-refractivity contribution in [1.29, 1.82) is 0 Å². The number of benzene rings is 1. The molecule has 3 heterocycles. The van der Waals surface area contributed by atoms with Crippen molar-refractivity contribution < 1.29 is 19.5 Å². The molecule has 190 valence electrons. The Morgan fingerprint density at radius 2 is 2.08 bits per heavy atom. The van der Waals surface area contributed by atoms with Gasteiger partial charge >= 0.3 is 5.97 Å². The molecule has 10 nitrogen and oxygen atoms in total. The predicted molar refractivity (Wildman–Crippen MR) is 137 cm³/mol. The number of carbonyl (C=O) groups is 3. The Labute approximate surface area is 210 Å². The molecule has 1 amide bonds. The molecule has 4 N–H and O–H groups in total. The number of Topliss-reactive ketones (excluding diaryl/α,β-unsaturated/α-hetero) is 1. The van der Waals surface area contributed by atoms with E-state index in [0.29, 0.717) is 12.1 Å². The summed E-state index contributed by atoms with van der Waals surface area (Å²) in [7, 11) is 0. The lowest BCUT2D eigenvalue weighted by Crippen LogP contribution is -2.44. The summed E-state index contributed by atoms with van der Waals surface area (Å²) in [5, 5.41) is 18.5. The molecule has 1 unspecified atom stereocenters. The minimum atomic E-state index is -1.05. The molecule has 2 aliphatic heterocycles. The van der Waals surface area contributed by atoms with Crippen molar-refractivity contribution in [2.24, 2.45) is 10.4 Å². The number of fused-ring (bicyclic) bond motifs is 1. The zero-order valence-corrected chi connectivity index (χ0v) is 20.6. The minimum Gasteiger partial charge on any atom is -0.481 e. The Morgan fingerprint density at radius 3 is 2.78 bits per heavy atom. The largest absolute Gasteiger partial charge is 0.481 e. The maximum absolute atomic E-state index is 12.7. The SMILES string of the molecule is CC1(C)CN=C(Nc2ccc3c(c2)N(CC(=O)CC(=O)NC(CC(=O)O)c2cccnc2)CC3)NC1. The molecule has 2 aromatic rings. The van der Waals surface area contributed by atoms with Gasteiger partial charge in [-0.15, -0.1) is 0 Å². The molecule has 0 saturated heterocycles. The van der Waals surface area contributed by atoms with Crippen LogP contribution in [0.3, 0.4) is 0 Å². The molecule has 2 aliphatic rings. The van der Waals surface area contributed by atoms with E-state index in [2.05, 4.69) is 39.8 Å². The number of pyridine rings is 1.